The first-order valence-electron chi connectivity index (χ1n) is 9.46. The van der Waals surface area contributed by atoms with Crippen LogP contribution in [-0.4, -0.2) is 50.6 Å². The number of ether oxygens (including phenoxy) is 1. The second-order valence-electron chi connectivity index (χ2n) is 6.46. The summed E-state index contributed by atoms with van der Waals surface area (Å²) in [7, 11) is 1.70. The van der Waals surface area contributed by atoms with E-state index in [-0.39, 0.29) is 0 Å². The minimum absolute atomic E-state index is 0.530. The molecule has 0 saturated carbocycles. The smallest absolute Gasteiger partial charge is 0.191 e. The van der Waals surface area contributed by atoms with E-state index in [9.17, 15) is 0 Å². The third kappa shape index (κ3) is 4.48. The van der Waals surface area contributed by atoms with Crippen LogP contribution in [-0.2, 0) is 24.4 Å². The molecule has 0 unspecified atom stereocenters. The van der Waals surface area contributed by atoms with Gasteiger partial charge in [-0.3, -0.25) is 9.08 Å². The Morgan fingerprint density at radius 3 is 2.86 bits per heavy atom. The van der Waals surface area contributed by atoms with Gasteiger partial charge in [0.2, 0.25) is 0 Å². The zero-order valence-corrected chi connectivity index (χ0v) is 16.9. The molecule has 0 aliphatic heterocycles. The number of rotatable bonds is 8. The van der Waals surface area contributed by atoms with E-state index in [4.69, 9.17) is 9.73 Å². The molecule has 9 nitrogen and oxygen atoms in total. The molecule has 0 fully saturated rings. The van der Waals surface area contributed by atoms with Crippen LogP contribution in [0.25, 0.3) is 5.65 Å². The maximum atomic E-state index is 5.16. The molecule has 2 N–H and O–H groups in total. The first-order valence-corrected chi connectivity index (χ1v) is 9.46. The highest BCUT2D eigenvalue weighted by molar-refractivity contribution is 5.79. The van der Waals surface area contributed by atoms with Gasteiger partial charge < -0.3 is 15.4 Å². The van der Waals surface area contributed by atoms with E-state index in [0.29, 0.717) is 19.7 Å². The summed E-state index contributed by atoms with van der Waals surface area (Å²) in [6.07, 6.45) is 1.96. The van der Waals surface area contributed by atoms with Gasteiger partial charge in [-0.2, -0.15) is 5.10 Å². The summed E-state index contributed by atoms with van der Waals surface area (Å²) in [4.78, 5) is 4.73. The topological polar surface area (TPSA) is 93.7 Å². The van der Waals surface area contributed by atoms with Crippen molar-refractivity contribution in [3.63, 3.8) is 0 Å². The molecule has 0 amide bonds. The summed E-state index contributed by atoms with van der Waals surface area (Å²) in [5.74, 6) is 1.57. The van der Waals surface area contributed by atoms with Gasteiger partial charge in [0.15, 0.2) is 17.4 Å². The van der Waals surface area contributed by atoms with Crippen molar-refractivity contribution in [1.29, 1.82) is 0 Å². The summed E-state index contributed by atoms with van der Waals surface area (Å²) in [5.41, 5.74) is 4.09. The van der Waals surface area contributed by atoms with Crippen molar-refractivity contribution in [2.75, 3.05) is 20.3 Å². The number of fused-ring (bicyclic) bond motifs is 1. The standard InChI is InChI=1S/C19H28N8O/c1-5-20-19(22-13-18-24-23-17-8-6-7-9-26(17)18)21-12-16-14(2)25-27(15(16)3)10-11-28-4/h6-9H,5,10-13H2,1-4H3,(H2,20,21,22). The normalized spacial score (nSPS) is 11.9. The molecule has 0 spiro atoms. The van der Waals surface area contributed by atoms with Crippen LogP contribution in [0.15, 0.2) is 29.4 Å². The summed E-state index contributed by atoms with van der Waals surface area (Å²) < 4.78 is 9.10. The number of aliphatic imine (C=N–C) groups is 1. The van der Waals surface area contributed by atoms with Gasteiger partial charge in [0.1, 0.15) is 0 Å². The lowest BCUT2D eigenvalue weighted by atomic mass is 10.2. The van der Waals surface area contributed by atoms with Crippen LogP contribution in [0.5, 0.6) is 0 Å². The Kier molecular flexibility index (Phi) is 6.59. The Bertz CT molecular complexity index is 943. The molecule has 0 atom stereocenters. The van der Waals surface area contributed by atoms with Crippen molar-refractivity contribution in [1.82, 2.24) is 35.0 Å². The van der Waals surface area contributed by atoms with Crippen molar-refractivity contribution in [2.24, 2.45) is 4.99 Å². The Morgan fingerprint density at radius 2 is 2.07 bits per heavy atom. The molecule has 9 heteroatoms. The fourth-order valence-electron chi connectivity index (χ4n) is 3.03. The fourth-order valence-corrected chi connectivity index (χ4v) is 3.03. The second kappa shape index (κ2) is 9.32. The van der Waals surface area contributed by atoms with Gasteiger partial charge in [-0.25, -0.2) is 4.99 Å². The molecule has 28 heavy (non-hydrogen) atoms. The molecule has 0 radical (unpaired) electrons. The Labute approximate surface area is 164 Å². The van der Waals surface area contributed by atoms with Crippen molar-refractivity contribution in [3.8, 4) is 0 Å². The molecule has 0 bridgehead atoms. The minimum atomic E-state index is 0.530. The van der Waals surface area contributed by atoms with Gasteiger partial charge in [-0.05, 0) is 32.9 Å². The van der Waals surface area contributed by atoms with E-state index >= 15 is 0 Å². The number of nitrogens with one attached hydrogen (secondary N) is 2. The van der Waals surface area contributed by atoms with Gasteiger partial charge in [-0.15, -0.1) is 10.2 Å². The van der Waals surface area contributed by atoms with Crippen LogP contribution >= 0.6 is 0 Å². The average molecular weight is 384 g/mol. The number of pyridine rings is 1. The van der Waals surface area contributed by atoms with Gasteiger partial charge in [-0.1, -0.05) is 6.07 Å². The molecule has 3 heterocycles. The zero-order valence-electron chi connectivity index (χ0n) is 16.9. The Morgan fingerprint density at radius 1 is 1.21 bits per heavy atom. The number of nitrogens with zero attached hydrogens (tertiary/aromatic N) is 6. The van der Waals surface area contributed by atoms with Crippen molar-refractivity contribution in [2.45, 2.75) is 40.4 Å². The van der Waals surface area contributed by atoms with Crippen molar-refractivity contribution in [3.05, 3.63) is 47.2 Å². The van der Waals surface area contributed by atoms with Gasteiger partial charge in [0.25, 0.3) is 0 Å². The number of methoxy groups -OCH3 is 1. The lowest BCUT2D eigenvalue weighted by Crippen LogP contribution is -2.37. The Hall–Kier alpha value is -2.94. The maximum absolute atomic E-state index is 5.16. The third-order valence-electron chi connectivity index (χ3n) is 4.58. The van der Waals surface area contributed by atoms with E-state index in [1.54, 1.807) is 7.11 Å². The lowest BCUT2D eigenvalue weighted by Gasteiger charge is -2.11. The molecule has 0 saturated heterocycles. The quantitative estimate of drug-likeness (QED) is 0.451. The highest BCUT2D eigenvalue weighted by Gasteiger charge is 2.12. The maximum Gasteiger partial charge on any atom is 0.191 e. The molecule has 150 valence electrons. The average Bonchev–Trinajstić information content (AvgIpc) is 3.23. The molecule has 0 aliphatic carbocycles. The molecule has 3 aromatic rings. The number of aryl methyl sites for hydroxylation is 1. The van der Waals surface area contributed by atoms with E-state index in [2.05, 4.69) is 32.9 Å². The number of guanidine groups is 1. The first-order chi connectivity index (χ1) is 13.6. The van der Waals surface area contributed by atoms with Gasteiger partial charge in [0, 0.05) is 31.1 Å². The summed E-state index contributed by atoms with van der Waals surface area (Å²) in [5, 5.41) is 19.6. The monoisotopic (exact) mass is 384 g/mol. The summed E-state index contributed by atoms with van der Waals surface area (Å²) >= 11 is 0. The van der Waals surface area contributed by atoms with Crippen molar-refractivity contribution >= 4 is 11.6 Å². The molecular weight excluding hydrogens is 356 g/mol. The molecule has 3 rings (SSSR count). The largest absolute Gasteiger partial charge is 0.383 e. The van der Waals surface area contributed by atoms with Crippen LogP contribution < -0.4 is 10.6 Å². The predicted octanol–water partition coefficient (Wildman–Crippen LogP) is 1.44. The molecule has 0 aromatic carbocycles. The second-order valence-corrected chi connectivity index (χ2v) is 6.46. The molecular formula is C19H28N8O. The van der Waals surface area contributed by atoms with Gasteiger partial charge >= 0.3 is 0 Å². The molecule has 3 aromatic heterocycles. The van der Waals surface area contributed by atoms with Crippen LogP contribution in [0.4, 0.5) is 0 Å². The van der Waals surface area contributed by atoms with Crippen LogP contribution in [0.3, 0.4) is 0 Å². The van der Waals surface area contributed by atoms with Crippen molar-refractivity contribution < 1.29 is 4.74 Å². The number of hydrogen-bond donors (Lipinski definition) is 2. The third-order valence-corrected chi connectivity index (χ3v) is 4.58. The first kappa shape index (κ1) is 19.8. The van der Waals surface area contributed by atoms with Crippen LogP contribution in [0.1, 0.15) is 29.7 Å². The van der Waals surface area contributed by atoms with E-state index < -0.39 is 0 Å². The van der Waals surface area contributed by atoms with E-state index in [1.807, 2.05) is 47.3 Å². The van der Waals surface area contributed by atoms with E-state index in [0.717, 1.165) is 47.5 Å². The summed E-state index contributed by atoms with van der Waals surface area (Å²) in [6.45, 7) is 9.38. The van der Waals surface area contributed by atoms with Gasteiger partial charge in [0.05, 0.1) is 31.9 Å². The zero-order chi connectivity index (χ0) is 19.9. The predicted molar refractivity (Wildman–Crippen MR) is 108 cm³/mol. The SMILES string of the molecule is CCNC(=NCc1c(C)nn(CCOC)c1C)NCc1nnc2ccccn12. The van der Waals surface area contributed by atoms with Crippen LogP contribution in [0.2, 0.25) is 0 Å². The Balaban J connectivity index is 1.70. The number of hydrogen-bond acceptors (Lipinski definition) is 5. The fraction of sp³-hybridized carbons (Fsp3) is 0.474. The highest BCUT2D eigenvalue weighted by atomic mass is 16.5. The minimum Gasteiger partial charge on any atom is -0.383 e. The molecule has 0 aliphatic rings. The highest BCUT2D eigenvalue weighted by Crippen LogP contribution is 2.14. The van der Waals surface area contributed by atoms with Crippen LogP contribution in [0, 0.1) is 13.8 Å². The lowest BCUT2D eigenvalue weighted by molar-refractivity contribution is 0.182. The van der Waals surface area contributed by atoms with E-state index in [1.165, 1.54) is 0 Å². The summed E-state index contributed by atoms with van der Waals surface area (Å²) in [6, 6.07) is 5.85. The number of aromatic nitrogens is 5.